The predicted octanol–water partition coefficient (Wildman–Crippen LogP) is 5.02. The molecule has 2 N–H and O–H groups in total. The summed E-state index contributed by atoms with van der Waals surface area (Å²) in [7, 11) is 0. The average Bonchev–Trinajstić information content (AvgIpc) is 3.14. The number of thiocarbonyl (C=S) groups is 1. The number of hydroxylamine groups is 3. The highest BCUT2D eigenvalue weighted by molar-refractivity contribution is 7.80. The Kier molecular flexibility index (Phi) is 5.82. The summed E-state index contributed by atoms with van der Waals surface area (Å²) in [5.74, 6) is 0. The summed E-state index contributed by atoms with van der Waals surface area (Å²) in [6.07, 6.45) is 3.87. The van der Waals surface area contributed by atoms with Gasteiger partial charge in [-0.3, -0.25) is 10.3 Å². The lowest BCUT2D eigenvalue weighted by molar-refractivity contribution is -0.142. The van der Waals surface area contributed by atoms with Crippen molar-refractivity contribution in [2.24, 2.45) is 0 Å². The fourth-order valence-electron chi connectivity index (χ4n) is 3.75. The van der Waals surface area contributed by atoms with Gasteiger partial charge >= 0.3 is 0 Å². The van der Waals surface area contributed by atoms with Crippen LogP contribution in [0, 0.1) is 0 Å². The first kappa shape index (κ1) is 20.8. The Balaban J connectivity index is 1.29. The van der Waals surface area contributed by atoms with Crippen LogP contribution in [0.3, 0.4) is 0 Å². The van der Waals surface area contributed by atoms with Crippen molar-refractivity contribution in [1.82, 2.24) is 10.5 Å². The molecule has 0 unspecified atom stereocenters. The number of hydrogen-bond acceptors (Lipinski definition) is 5. The van der Waals surface area contributed by atoms with E-state index in [1.165, 1.54) is 5.56 Å². The molecule has 2 heterocycles. The topological polar surface area (TPSA) is 45.8 Å². The van der Waals surface area contributed by atoms with Gasteiger partial charge in [0.05, 0.1) is 5.70 Å². The summed E-state index contributed by atoms with van der Waals surface area (Å²) in [6.45, 7) is 8.09. The Hall–Kier alpha value is -2.41. The second kappa shape index (κ2) is 8.38. The first-order valence-electron chi connectivity index (χ1n) is 10.4. The van der Waals surface area contributed by atoms with Gasteiger partial charge in [0.1, 0.15) is 5.60 Å². The van der Waals surface area contributed by atoms with Crippen molar-refractivity contribution in [3.63, 3.8) is 0 Å². The van der Waals surface area contributed by atoms with Crippen LogP contribution < -0.4 is 10.8 Å². The van der Waals surface area contributed by atoms with E-state index in [9.17, 15) is 0 Å². The minimum atomic E-state index is -0.289. The van der Waals surface area contributed by atoms with Crippen molar-refractivity contribution >= 4 is 28.8 Å². The van der Waals surface area contributed by atoms with Gasteiger partial charge in [0.25, 0.3) is 5.17 Å². The minimum Gasteiger partial charge on any atom is -0.375 e. The summed E-state index contributed by atoms with van der Waals surface area (Å²) in [4.78, 5) is 11.8. The Bertz CT molecular complexity index is 912. The van der Waals surface area contributed by atoms with Gasteiger partial charge in [0.2, 0.25) is 0 Å². The van der Waals surface area contributed by atoms with E-state index < -0.39 is 0 Å². The molecule has 0 bridgehead atoms. The molecule has 5 nitrogen and oxygen atoms in total. The molecule has 0 aliphatic carbocycles. The van der Waals surface area contributed by atoms with E-state index in [0.29, 0.717) is 5.17 Å². The molecule has 0 saturated carbocycles. The zero-order chi connectivity index (χ0) is 21.2. The molecular weight excluding hydrogens is 394 g/mol. The van der Waals surface area contributed by atoms with Gasteiger partial charge in [0.15, 0.2) is 0 Å². The second-order valence-corrected chi connectivity index (χ2v) is 9.32. The predicted molar refractivity (Wildman–Crippen MR) is 125 cm³/mol. The fourth-order valence-corrected chi connectivity index (χ4v) is 3.98. The lowest BCUT2D eigenvalue weighted by atomic mass is 9.87. The number of rotatable bonds is 3. The Morgan fingerprint density at radius 3 is 2.37 bits per heavy atom. The zero-order valence-corrected chi connectivity index (χ0v) is 18.6. The third-order valence-corrected chi connectivity index (χ3v) is 5.81. The van der Waals surface area contributed by atoms with Gasteiger partial charge in [-0.15, -0.1) is 5.06 Å². The molecule has 1 saturated heterocycles. The number of anilines is 1. The SMILES string of the molecule is CC(C)(C)c1ccc(NC(=S)ON2CCC3(C=C(c4ccccc4)NO3)CC2)cc1. The third-order valence-electron chi connectivity index (χ3n) is 5.63. The first-order chi connectivity index (χ1) is 14.3. The largest absolute Gasteiger partial charge is 0.375 e. The van der Waals surface area contributed by atoms with Crippen molar-refractivity contribution in [3.8, 4) is 0 Å². The molecule has 6 heteroatoms. The van der Waals surface area contributed by atoms with E-state index in [4.69, 9.17) is 21.9 Å². The van der Waals surface area contributed by atoms with Crippen LogP contribution in [0.15, 0.2) is 60.7 Å². The quantitative estimate of drug-likeness (QED) is 0.676. The molecule has 0 amide bonds. The summed E-state index contributed by atoms with van der Waals surface area (Å²) in [5.41, 5.74) is 7.32. The normalized spacial score (nSPS) is 18.6. The number of piperidine rings is 1. The maximum absolute atomic E-state index is 5.96. The van der Waals surface area contributed by atoms with Gasteiger partial charge in [-0.05, 0) is 59.8 Å². The van der Waals surface area contributed by atoms with Crippen LogP contribution >= 0.6 is 12.2 Å². The first-order valence-corrected chi connectivity index (χ1v) is 10.8. The van der Waals surface area contributed by atoms with Crippen LogP contribution in [-0.4, -0.2) is 28.9 Å². The zero-order valence-electron chi connectivity index (χ0n) is 17.8. The lowest BCUT2D eigenvalue weighted by Crippen LogP contribution is -2.45. The molecule has 1 fully saturated rings. The van der Waals surface area contributed by atoms with Gasteiger partial charge < -0.3 is 10.2 Å². The van der Waals surface area contributed by atoms with E-state index in [0.717, 1.165) is 42.9 Å². The fraction of sp³-hybridized carbons (Fsp3) is 0.375. The van der Waals surface area contributed by atoms with Crippen LogP contribution in [-0.2, 0) is 15.1 Å². The highest BCUT2D eigenvalue weighted by Gasteiger charge is 2.39. The second-order valence-electron chi connectivity index (χ2n) is 8.95. The van der Waals surface area contributed by atoms with E-state index in [-0.39, 0.29) is 11.0 Å². The maximum Gasteiger partial charge on any atom is 0.283 e. The standard InChI is InChI=1S/C24H29N3O2S/c1-23(2,3)19-9-11-20(12-10-19)25-22(30)28-27-15-13-24(14-16-27)17-21(26-29-24)18-7-5-4-6-8-18/h4-12,17,26H,13-16H2,1-3H3,(H,25,30). The molecule has 2 aliphatic heterocycles. The average molecular weight is 424 g/mol. The van der Waals surface area contributed by atoms with Gasteiger partial charge in [-0.2, -0.15) is 0 Å². The maximum atomic E-state index is 5.96. The van der Waals surface area contributed by atoms with Crippen molar-refractivity contribution in [1.29, 1.82) is 0 Å². The van der Waals surface area contributed by atoms with E-state index >= 15 is 0 Å². The van der Waals surface area contributed by atoms with Gasteiger partial charge in [-0.25, -0.2) is 0 Å². The summed E-state index contributed by atoms with van der Waals surface area (Å²) in [6, 6.07) is 18.6. The Morgan fingerprint density at radius 1 is 1.07 bits per heavy atom. The van der Waals surface area contributed by atoms with Crippen molar-refractivity contribution < 1.29 is 9.68 Å². The minimum absolute atomic E-state index is 0.130. The molecule has 1 spiro atoms. The number of benzene rings is 2. The van der Waals surface area contributed by atoms with Crippen LogP contribution in [0.5, 0.6) is 0 Å². The summed E-state index contributed by atoms with van der Waals surface area (Å²) in [5, 5.41) is 5.44. The molecule has 2 aliphatic rings. The monoisotopic (exact) mass is 423 g/mol. The Morgan fingerprint density at radius 2 is 1.73 bits per heavy atom. The van der Waals surface area contributed by atoms with E-state index in [1.54, 1.807) is 0 Å². The van der Waals surface area contributed by atoms with Crippen LogP contribution in [0.2, 0.25) is 0 Å². The van der Waals surface area contributed by atoms with Crippen LogP contribution in [0.1, 0.15) is 44.7 Å². The molecule has 30 heavy (non-hydrogen) atoms. The lowest BCUT2D eigenvalue weighted by Gasteiger charge is -2.35. The van der Waals surface area contributed by atoms with E-state index in [1.807, 2.05) is 35.4 Å². The number of hydrogen-bond donors (Lipinski definition) is 2. The molecule has 4 rings (SSSR count). The summed E-state index contributed by atoms with van der Waals surface area (Å²) < 4.78 is 0. The van der Waals surface area contributed by atoms with Crippen LogP contribution in [0.4, 0.5) is 5.69 Å². The third kappa shape index (κ3) is 4.83. The van der Waals surface area contributed by atoms with Gasteiger partial charge in [0, 0.05) is 18.8 Å². The molecule has 2 aromatic rings. The molecule has 0 aromatic heterocycles. The molecule has 0 radical (unpaired) electrons. The van der Waals surface area contributed by atoms with Crippen molar-refractivity contribution in [2.75, 3.05) is 18.4 Å². The molecule has 158 valence electrons. The van der Waals surface area contributed by atoms with Crippen molar-refractivity contribution in [2.45, 2.75) is 44.6 Å². The summed E-state index contributed by atoms with van der Waals surface area (Å²) >= 11 is 5.40. The highest BCUT2D eigenvalue weighted by Crippen LogP contribution is 2.34. The van der Waals surface area contributed by atoms with E-state index in [2.05, 4.69) is 61.9 Å². The van der Waals surface area contributed by atoms with Crippen LogP contribution in [0.25, 0.3) is 5.70 Å². The molecular formula is C24H29N3O2S. The molecule has 2 aromatic carbocycles. The number of nitrogens with zero attached hydrogens (tertiary/aromatic N) is 1. The number of nitrogens with one attached hydrogen (secondary N) is 2. The van der Waals surface area contributed by atoms with Crippen molar-refractivity contribution in [3.05, 3.63) is 71.8 Å². The highest BCUT2D eigenvalue weighted by atomic mass is 32.1. The molecule has 0 atom stereocenters. The van der Waals surface area contributed by atoms with Gasteiger partial charge in [-0.1, -0.05) is 63.2 Å². The smallest absolute Gasteiger partial charge is 0.283 e. The Labute approximate surface area is 184 Å².